The zero-order valence-corrected chi connectivity index (χ0v) is 12.8. The van der Waals surface area contributed by atoms with Crippen molar-refractivity contribution in [1.82, 2.24) is 25.0 Å². The molecule has 6 nitrogen and oxygen atoms in total. The van der Waals surface area contributed by atoms with Gasteiger partial charge in [-0.25, -0.2) is 0 Å². The molecular formula is C15H25N5O. The Balaban J connectivity index is 1.56. The maximum Gasteiger partial charge on any atom is 0.226 e. The van der Waals surface area contributed by atoms with Crippen LogP contribution in [0.15, 0.2) is 6.33 Å². The molecular weight excluding hydrogens is 266 g/mol. The van der Waals surface area contributed by atoms with E-state index >= 15 is 0 Å². The molecule has 2 aliphatic rings. The minimum Gasteiger partial charge on any atom is -0.342 e. The number of piperidine rings is 2. The first-order chi connectivity index (χ1) is 10.3. The first-order valence-electron chi connectivity index (χ1n) is 8.16. The van der Waals surface area contributed by atoms with E-state index in [1.165, 1.54) is 0 Å². The first kappa shape index (κ1) is 14.5. The Morgan fingerprint density at radius 2 is 2.19 bits per heavy atom. The zero-order chi connectivity index (χ0) is 14.7. The zero-order valence-electron chi connectivity index (χ0n) is 12.8. The highest BCUT2D eigenvalue weighted by Crippen LogP contribution is 2.27. The molecule has 1 amide bonds. The fourth-order valence-corrected chi connectivity index (χ4v) is 3.50. The van der Waals surface area contributed by atoms with Crippen LogP contribution in [-0.2, 0) is 11.3 Å². The summed E-state index contributed by atoms with van der Waals surface area (Å²) in [6.07, 6.45) is 5.97. The highest BCUT2D eigenvalue weighted by atomic mass is 16.2. The molecule has 1 atom stereocenters. The van der Waals surface area contributed by atoms with E-state index in [2.05, 4.69) is 31.9 Å². The third-order valence-corrected chi connectivity index (χ3v) is 4.80. The van der Waals surface area contributed by atoms with Gasteiger partial charge in [0.2, 0.25) is 5.91 Å². The average Bonchev–Trinajstić information content (AvgIpc) is 3.04. The van der Waals surface area contributed by atoms with E-state index < -0.39 is 0 Å². The van der Waals surface area contributed by atoms with Gasteiger partial charge >= 0.3 is 0 Å². The van der Waals surface area contributed by atoms with E-state index in [4.69, 9.17) is 0 Å². The average molecular weight is 291 g/mol. The number of nitrogens with zero attached hydrogens (tertiary/aromatic N) is 4. The molecule has 1 aromatic heterocycles. The van der Waals surface area contributed by atoms with Gasteiger partial charge in [-0.05, 0) is 39.2 Å². The Morgan fingerprint density at radius 3 is 2.86 bits per heavy atom. The van der Waals surface area contributed by atoms with Gasteiger partial charge in [0, 0.05) is 32.1 Å². The summed E-state index contributed by atoms with van der Waals surface area (Å²) in [5.74, 6) is 2.07. The molecule has 0 aromatic carbocycles. The SMILES string of the molecule is CCn1cnnc1C1CCN(C(=O)C2CCCNC2)CC1. The van der Waals surface area contributed by atoms with Crippen LogP contribution in [-0.4, -0.2) is 51.8 Å². The number of amides is 1. The van der Waals surface area contributed by atoms with Gasteiger partial charge in [0.05, 0.1) is 5.92 Å². The number of nitrogens with one attached hydrogen (secondary N) is 1. The molecule has 2 aliphatic heterocycles. The molecule has 116 valence electrons. The van der Waals surface area contributed by atoms with Crippen molar-refractivity contribution < 1.29 is 4.79 Å². The van der Waals surface area contributed by atoms with E-state index in [-0.39, 0.29) is 5.92 Å². The lowest BCUT2D eigenvalue weighted by molar-refractivity contribution is -0.137. The number of hydrogen-bond acceptors (Lipinski definition) is 4. The van der Waals surface area contributed by atoms with Crippen molar-refractivity contribution in [2.45, 2.75) is 45.1 Å². The molecule has 3 heterocycles. The van der Waals surface area contributed by atoms with Crippen LogP contribution in [0.5, 0.6) is 0 Å². The smallest absolute Gasteiger partial charge is 0.226 e. The summed E-state index contributed by atoms with van der Waals surface area (Å²) in [5.41, 5.74) is 0. The lowest BCUT2D eigenvalue weighted by Crippen LogP contribution is -2.46. The van der Waals surface area contributed by atoms with Crippen molar-refractivity contribution in [2.75, 3.05) is 26.2 Å². The quantitative estimate of drug-likeness (QED) is 0.902. The van der Waals surface area contributed by atoms with Gasteiger partial charge in [-0.15, -0.1) is 10.2 Å². The summed E-state index contributed by atoms with van der Waals surface area (Å²) < 4.78 is 2.12. The Kier molecular flexibility index (Phi) is 4.53. The predicted octanol–water partition coefficient (Wildman–Crippen LogP) is 1.00. The lowest BCUT2D eigenvalue weighted by Gasteiger charge is -2.35. The third kappa shape index (κ3) is 3.10. The van der Waals surface area contributed by atoms with Crippen molar-refractivity contribution in [1.29, 1.82) is 0 Å². The molecule has 1 aromatic rings. The molecule has 0 aliphatic carbocycles. The lowest BCUT2D eigenvalue weighted by atomic mass is 9.93. The number of aryl methyl sites for hydroxylation is 1. The van der Waals surface area contributed by atoms with E-state index in [1.54, 1.807) is 6.33 Å². The van der Waals surface area contributed by atoms with Crippen LogP contribution in [0.2, 0.25) is 0 Å². The van der Waals surface area contributed by atoms with Crippen LogP contribution in [0.1, 0.15) is 44.3 Å². The molecule has 0 radical (unpaired) electrons. The number of carbonyl (C=O) groups is 1. The molecule has 6 heteroatoms. The molecule has 3 rings (SSSR count). The standard InChI is InChI=1S/C15H25N5O/c1-2-19-11-17-18-14(19)12-5-8-20(9-6-12)15(21)13-4-3-7-16-10-13/h11-13,16H,2-10H2,1H3. The largest absolute Gasteiger partial charge is 0.342 e. The van der Waals surface area contributed by atoms with Crippen LogP contribution in [0.25, 0.3) is 0 Å². The van der Waals surface area contributed by atoms with Crippen LogP contribution >= 0.6 is 0 Å². The Morgan fingerprint density at radius 1 is 1.38 bits per heavy atom. The number of rotatable bonds is 3. The van der Waals surface area contributed by atoms with Crippen molar-refractivity contribution in [3.05, 3.63) is 12.2 Å². The van der Waals surface area contributed by atoms with Gasteiger partial charge in [-0.2, -0.15) is 0 Å². The van der Waals surface area contributed by atoms with Gasteiger partial charge in [0.15, 0.2) is 0 Å². The minimum absolute atomic E-state index is 0.189. The van der Waals surface area contributed by atoms with Crippen LogP contribution in [0.4, 0.5) is 0 Å². The normalized spacial score (nSPS) is 24.2. The number of aromatic nitrogens is 3. The fraction of sp³-hybridized carbons (Fsp3) is 0.800. The van der Waals surface area contributed by atoms with Gasteiger partial charge in [-0.1, -0.05) is 0 Å². The highest BCUT2D eigenvalue weighted by molar-refractivity contribution is 5.79. The van der Waals surface area contributed by atoms with Gasteiger partial charge in [0.25, 0.3) is 0 Å². The summed E-state index contributed by atoms with van der Waals surface area (Å²) in [6.45, 7) is 6.64. The second kappa shape index (κ2) is 6.56. The van der Waals surface area contributed by atoms with Gasteiger partial charge in [0.1, 0.15) is 12.2 Å². The molecule has 0 bridgehead atoms. The summed E-state index contributed by atoms with van der Waals surface area (Å²) in [4.78, 5) is 14.6. The maximum atomic E-state index is 12.5. The predicted molar refractivity (Wildman–Crippen MR) is 79.8 cm³/mol. The second-order valence-corrected chi connectivity index (χ2v) is 6.12. The summed E-state index contributed by atoms with van der Waals surface area (Å²) >= 11 is 0. The Labute approximate surface area is 125 Å². The Hall–Kier alpha value is -1.43. The van der Waals surface area contributed by atoms with Gasteiger partial charge in [-0.3, -0.25) is 4.79 Å². The van der Waals surface area contributed by atoms with E-state index in [0.717, 1.165) is 64.2 Å². The maximum absolute atomic E-state index is 12.5. The molecule has 0 saturated carbocycles. The third-order valence-electron chi connectivity index (χ3n) is 4.80. The minimum atomic E-state index is 0.189. The highest BCUT2D eigenvalue weighted by Gasteiger charge is 2.30. The molecule has 1 unspecified atom stereocenters. The molecule has 0 spiro atoms. The van der Waals surface area contributed by atoms with Crippen molar-refractivity contribution in [3.8, 4) is 0 Å². The summed E-state index contributed by atoms with van der Waals surface area (Å²) in [5, 5.41) is 11.6. The second-order valence-electron chi connectivity index (χ2n) is 6.12. The summed E-state index contributed by atoms with van der Waals surface area (Å²) in [7, 11) is 0. The van der Waals surface area contributed by atoms with Gasteiger partial charge < -0.3 is 14.8 Å². The van der Waals surface area contributed by atoms with E-state index in [0.29, 0.717) is 11.8 Å². The first-order valence-corrected chi connectivity index (χ1v) is 8.16. The number of carbonyl (C=O) groups excluding carboxylic acids is 1. The van der Waals surface area contributed by atoms with Crippen LogP contribution in [0.3, 0.4) is 0 Å². The van der Waals surface area contributed by atoms with Crippen LogP contribution in [0, 0.1) is 5.92 Å². The molecule has 2 saturated heterocycles. The Bertz CT molecular complexity index is 472. The topological polar surface area (TPSA) is 63.1 Å². The van der Waals surface area contributed by atoms with E-state index in [1.807, 2.05) is 0 Å². The molecule has 1 N–H and O–H groups in total. The molecule has 2 fully saturated rings. The fourth-order valence-electron chi connectivity index (χ4n) is 3.50. The van der Waals surface area contributed by atoms with Crippen molar-refractivity contribution >= 4 is 5.91 Å². The van der Waals surface area contributed by atoms with Crippen molar-refractivity contribution in [2.24, 2.45) is 5.92 Å². The summed E-state index contributed by atoms with van der Waals surface area (Å²) in [6, 6.07) is 0. The monoisotopic (exact) mass is 291 g/mol. The van der Waals surface area contributed by atoms with Crippen molar-refractivity contribution in [3.63, 3.8) is 0 Å². The number of likely N-dealkylation sites (tertiary alicyclic amines) is 1. The number of hydrogen-bond donors (Lipinski definition) is 1. The van der Waals surface area contributed by atoms with Crippen LogP contribution < -0.4 is 5.32 Å². The van der Waals surface area contributed by atoms with E-state index in [9.17, 15) is 4.79 Å². The molecule has 21 heavy (non-hydrogen) atoms.